The molecule has 1 saturated heterocycles. The number of anilines is 1. The summed E-state index contributed by atoms with van der Waals surface area (Å²) in [5, 5.41) is 24.8. The van der Waals surface area contributed by atoms with Gasteiger partial charge in [-0.15, -0.1) is 0 Å². The molecule has 1 atom stereocenters. The number of rotatable bonds is 10. The highest BCUT2D eigenvalue weighted by atomic mass is 19.2. The Bertz CT molecular complexity index is 1310. The first-order valence-electron chi connectivity index (χ1n) is 12.6. The summed E-state index contributed by atoms with van der Waals surface area (Å²) < 4.78 is 46.0. The number of halogens is 3. The van der Waals surface area contributed by atoms with Crippen molar-refractivity contribution in [1.29, 1.82) is 0 Å². The van der Waals surface area contributed by atoms with Crippen LogP contribution >= 0.6 is 0 Å². The van der Waals surface area contributed by atoms with Crippen LogP contribution in [0.15, 0.2) is 36.5 Å². The molecule has 1 aliphatic rings. The third-order valence-corrected chi connectivity index (χ3v) is 7.55. The van der Waals surface area contributed by atoms with Crippen LogP contribution in [0.1, 0.15) is 42.9 Å². The fraction of sp³-hybridized carbons (Fsp3) is 0.429. The first kappa shape index (κ1) is 27.7. The molecule has 4 rings (SSSR count). The average molecular weight is 532 g/mol. The van der Waals surface area contributed by atoms with Crippen LogP contribution in [0.25, 0.3) is 10.9 Å². The maximum atomic E-state index is 13.8. The monoisotopic (exact) mass is 531 g/mol. The quantitative estimate of drug-likeness (QED) is 0.315. The molecule has 38 heavy (non-hydrogen) atoms. The number of nitrogens with one attached hydrogen (secondary N) is 1. The molecule has 204 valence electrons. The van der Waals surface area contributed by atoms with Crippen molar-refractivity contribution >= 4 is 22.6 Å². The first-order chi connectivity index (χ1) is 18.1. The van der Waals surface area contributed by atoms with Gasteiger partial charge in [0, 0.05) is 36.8 Å². The van der Waals surface area contributed by atoms with E-state index < -0.39 is 34.9 Å². The first-order valence-corrected chi connectivity index (χ1v) is 12.6. The summed E-state index contributed by atoms with van der Waals surface area (Å²) in [7, 11) is 1.57. The maximum absolute atomic E-state index is 13.8. The highest BCUT2D eigenvalue weighted by Crippen LogP contribution is 2.40. The summed E-state index contributed by atoms with van der Waals surface area (Å²) in [5.41, 5.74) is 1.04. The molecule has 0 bridgehead atoms. The number of hydrogen-bond donors (Lipinski definition) is 3. The number of aryl methyl sites for hydroxylation is 1. The number of fused-ring (bicyclic) bond motifs is 1. The average Bonchev–Trinajstić information content (AvgIpc) is 2.90. The van der Waals surface area contributed by atoms with Crippen molar-refractivity contribution in [3.05, 3.63) is 65.1 Å². The van der Waals surface area contributed by atoms with Crippen LogP contribution in [0.2, 0.25) is 0 Å². The predicted octanol–water partition coefficient (Wildman–Crippen LogP) is 5.06. The van der Waals surface area contributed by atoms with Gasteiger partial charge in [0.05, 0.1) is 29.8 Å². The second-order valence-electron chi connectivity index (χ2n) is 9.90. The Morgan fingerprint density at radius 1 is 1.21 bits per heavy atom. The smallest absolute Gasteiger partial charge is 0.309 e. The Hall–Kier alpha value is -3.37. The van der Waals surface area contributed by atoms with E-state index in [-0.39, 0.29) is 18.7 Å². The molecule has 1 fully saturated rings. The number of aliphatic hydroxyl groups is 1. The molecule has 1 aromatic heterocycles. The number of hydrogen-bond acceptors (Lipinski definition) is 6. The van der Waals surface area contributed by atoms with Gasteiger partial charge in [-0.2, -0.15) is 0 Å². The predicted molar refractivity (Wildman–Crippen MR) is 138 cm³/mol. The minimum Gasteiger partial charge on any atom is -0.497 e. The SMILES string of the molecule is COc1ccc2ncc(C)c([C@@H](O)CCC3(C(=O)O)CCN(CCNc4cc(F)cc(F)c4F)CC3)c2c1. The molecule has 7 nitrogen and oxygen atoms in total. The molecule has 2 heterocycles. The fourth-order valence-corrected chi connectivity index (χ4v) is 5.23. The number of ether oxygens (including phenoxy) is 1. The zero-order valence-corrected chi connectivity index (χ0v) is 21.4. The third-order valence-electron chi connectivity index (χ3n) is 7.55. The summed E-state index contributed by atoms with van der Waals surface area (Å²) in [6, 6.07) is 6.85. The molecule has 10 heteroatoms. The molecular weight excluding hydrogens is 499 g/mol. The third kappa shape index (κ3) is 5.86. The number of aliphatic hydroxyl groups excluding tert-OH is 1. The second-order valence-corrected chi connectivity index (χ2v) is 9.90. The lowest BCUT2D eigenvalue weighted by Gasteiger charge is -2.39. The van der Waals surface area contributed by atoms with Gasteiger partial charge in [0.15, 0.2) is 11.6 Å². The van der Waals surface area contributed by atoms with Gasteiger partial charge in [-0.3, -0.25) is 9.78 Å². The Morgan fingerprint density at radius 3 is 2.63 bits per heavy atom. The van der Waals surface area contributed by atoms with Crippen molar-refractivity contribution in [2.45, 2.75) is 38.7 Å². The zero-order chi connectivity index (χ0) is 27.4. The summed E-state index contributed by atoms with van der Waals surface area (Å²) in [4.78, 5) is 18.8. The largest absolute Gasteiger partial charge is 0.497 e. The number of carbonyl (C=O) groups is 1. The summed E-state index contributed by atoms with van der Waals surface area (Å²) in [5.74, 6) is -3.51. The Labute approximate surface area is 219 Å². The van der Waals surface area contributed by atoms with E-state index in [1.54, 1.807) is 19.4 Å². The number of carboxylic acids is 1. The fourth-order valence-electron chi connectivity index (χ4n) is 5.23. The van der Waals surface area contributed by atoms with Gasteiger partial charge in [0.2, 0.25) is 0 Å². The van der Waals surface area contributed by atoms with Gasteiger partial charge in [-0.25, -0.2) is 13.2 Å². The minimum absolute atomic E-state index is 0.245. The van der Waals surface area contributed by atoms with Gasteiger partial charge in [0.25, 0.3) is 0 Å². The molecule has 3 N–H and O–H groups in total. The number of likely N-dealkylation sites (tertiary alicyclic amines) is 1. The molecule has 0 radical (unpaired) electrons. The van der Waals surface area contributed by atoms with Crippen molar-refractivity contribution in [2.75, 3.05) is 38.6 Å². The van der Waals surface area contributed by atoms with Gasteiger partial charge in [-0.05, 0) is 75.0 Å². The van der Waals surface area contributed by atoms with E-state index in [4.69, 9.17) is 4.74 Å². The van der Waals surface area contributed by atoms with Crippen LogP contribution in [0, 0.1) is 29.8 Å². The van der Waals surface area contributed by atoms with E-state index in [0.717, 1.165) is 28.1 Å². The minimum atomic E-state index is -1.26. The molecule has 0 unspecified atom stereocenters. The molecule has 0 amide bonds. The maximum Gasteiger partial charge on any atom is 0.309 e. The number of piperidine rings is 1. The van der Waals surface area contributed by atoms with E-state index in [1.807, 2.05) is 24.0 Å². The number of aromatic nitrogens is 1. The topological polar surface area (TPSA) is 94.9 Å². The summed E-state index contributed by atoms with van der Waals surface area (Å²) in [6.07, 6.45) is 2.19. The lowest BCUT2D eigenvalue weighted by atomic mass is 9.74. The second kappa shape index (κ2) is 11.6. The molecule has 0 spiro atoms. The molecule has 0 saturated carbocycles. The normalized spacial score (nSPS) is 16.4. The van der Waals surface area contributed by atoms with Crippen molar-refractivity contribution in [3.63, 3.8) is 0 Å². The van der Waals surface area contributed by atoms with Crippen LogP contribution in [-0.2, 0) is 4.79 Å². The van der Waals surface area contributed by atoms with E-state index in [2.05, 4.69) is 10.3 Å². The highest BCUT2D eigenvalue weighted by molar-refractivity contribution is 5.85. The van der Waals surface area contributed by atoms with Gasteiger partial charge >= 0.3 is 5.97 Å². The Balaban J connectivity index is 1.37. The van der Waals surface area contributed by atoms with Crippen LogP contribution in [0.3, 0.4) is 0 Å². The van der Waals surface area contributed by atoms with Crippen LogP contribution in [-0.4, -0.2) is 59.4 Å². The number of methoxy groups -OCH3 is 1. The number of aliphatic carboxylic acids is 1. The van der Waals surface area contributed by atoms with Crippen LogP contribution in [0.4, 0.5) is 18.9 Å². The van der Waals surface area contributed by atoms with Crippen molar-refractivity contribution in [1.82, 2.24) is 9.88 Å². The van der Waals surface area contributed by atoms with E-state index >= 15 is 0 Å². The number of pyridine rings is 1. The molecule has 2 aromatic carbocycles. The Kier molecular flexibility index (Phi) is 8.42. The van der Waals surface area contributed by atoms with Crippen LogP contribution < -0.4 is 10.1 Å². The highest BCUT2D eigenvalue weighted by Gasteiger charge is 2.41. The van der Waals surface area contributed by atoms with Gasteiger partial charge in [-0.1, -0.05) is 0 Å². The summed E-state index contributed by atoms with van der Waals surface area (Å²) in [6.45, 7) is 3.57. The molecule has 3 aromatic rings. The zero-order valence-electron chi connectivity index (χ0n) is 21.4. The van der Waals surface area contributed by atoms with Crippen molar-refractivity contribution in [3.8, 4) is 5.75 Å². The van der Waals surface area contributed by atoms with E-state index in [1.165, 1.54) is 0 Å². The van der Waals surface area contributed by atoms with E-state index in [0.29, 0.717) is 50.7 Å². The molecule has 1 aliphatic heterocycles. The number of benzene rings is 2. The standard InChI is InChI=1S/C28H32F3N3O4/c1-17-16-33-22-4-3-19(38-2)15-20(22)25(17)24(35)5-6-28(27(36)37)7-10-34(11-8-28)12-9-32-23-14-18(29)13-21(30)26(23)31/h3-4,13-16,24,32,35H,5-12H2,1-2H3,(H,36,37)/t24-/m0/s1. The Morgan fingerprint density at radius 2 is 1.95 bits per heavy atom. The number of carboxylic acid groups (broad SMARTS) is 1. The molecule has 0 aliphatic carbocycles. The summed E-state index contributed by atoms with van der Waals surface area (Å²) >= 11 is 0. The van der Waals surface area contributed by atoms with Crippen molar-refractivity contribution in [2.24, 2.45) is 5.41 Å². The van der Waals surface area contributed by atoms with E-state index in [9.17, 15) is 28.2 Å². The van der Waals surface area contributed by atoms with Gasteiger partial charge < -0.3 is 25.2 Å². The van der Waals surface area contributed by atoms with Crippen LogP contribution in [0.5, 0.6) is 5.75 Å². The lowest BCUT2D eigenvalue weighted by Crippen LogP contribution is -2.45. The van der Waals surface area contributed by atoms with Crippen molar-refractivity contribution < 1.29 is 32.9 Å². The number of nitrogens with zero attached hydrogens (tertiary/aromatic N) is 2. The lowest BCUT2D eigenvalue weighted by molar-refractivity contribution is -0.153. The molecular formula is C28H32F3N3O4. The van der Waals surface area contributed by atoms with Gasteiger partial charge in [0.1, 0.15) is 11.6 Å².